The molecule has 3 fully saturated rings. The summed E-state index contributed by atoms with van der Waals surface area (Å²) in [6.07, 6.45) is -3.62. The van der Waals surface area contributed by atoms with Gasteiger partial charge in [-0.2, -0.15) is 13.2 Å². The summed E-state index contributed by atoms with van der Waals surface area (Å²) in [5, 5.41) is 6.26. The van der Waals surface area contributed by atoms with Crippen molar-refractivity contribution in [1.82, 2.24) is 15.5 Å². The van der Waals surface area contributed by atoms with E-state index in [4.69, 9.17) is 23.2 Å². The van der Waals surface area contributed by atoms with Crippen LogP contribution in [-0.2, 0) is 30.1 Å². The number of hydrogen-bond acceptors (Lipinski definition) is 4. The molecule has 0 saturated carbocycles. The van der Waals surface area contributed by atoms with E-state index in [1.165, 1.54) is 6.07 Å². The molecule has 2 bridgehead atoms. The van der Waals surface area contributed by atoms with Gasteiger partial charge in [-0.3, -0.25) is 13.9 Å². The SMILES string of the molecule is CCS(=O)c1ccc(Cl)cc1CNC(=O)c1cc(Cl)c(CN2CC3CC(C2)N3)c(C(F)(F)F)c1. The van der Waals surface area contributed by atoms with Gasteiger partial charge in [0.25, 0.3) is 5.91 Å². The molecule has 3 aliphatic rings. The number of halogens is 5. The van der Waals surface area contributed by atoms with E-state index in [0.717, 1.165) is 12.5 Å². The lowest BCUT2D eigenvalue weighted by Gasteiger charge is -2.48. The highest BCUT2D eigenvalue weighted by Crippen LogP contribution is 2.37. The molecule has 3 aliphatic heterocycles. The third kappa shape index (κ3) is 5.60. The van der Waals surface area contributed by atoms with Gasteiger partial charge >= 0.3 is 6.18 Å². The molecule has 5 nitrogen and oxygen atoms in total. The lowest BCUT2D eigenvalue weighted by atomic mass is 9.90. The quantitative estimate of drug-likeness (QED) is 0.545. The Hall–Kier alpha value is -1.65. The fourth-order valence-corrected chi connectivity index (χ4v) is 5.91. The molecule has 34 heavy (non-hydrogen) atoms. The summed E-state index contributed by atoms with van der Waals surface area (Å²) in [4.78, 5) is 15.2. The Morgan fingerprint density at radius 1 is 1.21 bits per heavy atom. The Morgan fingerprint density at radius 3 is 2.50 bits per heavy atom. The minimum atomic E-state index is -4.66. The minimum Gasteiger partial charge on any atom is -0.348 e. The number of nitrogens with one attached hydrogen (secondary N) is 2. The van der Waals surface area contributed by atoms with Gasteiger partial charge in [0.05, 0.1) is 16.4 Å². The Kier molecular flexibility index (Phi) is 7.59. The van der Waals surface area contributed by atoms with Gasteiger partial charge < -0.3 is 10.6 Å². The molecule has 3 unspecified atom stereocenters. The fourth-order valence-electron chi connectivity index (χ4n) is 4.48. The highest BCUT2D eigenvalue weighted by atomic mass is 35.5. The molecule has 0 aliphatic carbocycles. The molecule has 0 aromatic heterocycles. The van der Waals surface area contributed by atoms with Crippen LogP contribution in [0.25, 0.3) is 0 Å². The second-order valence-electron chi connectivity index (χ2n) is 8.54. The zero-order chi connectivity index (χ0) is 24.6. The molecule has 11 heteroatoms. The van der Waals surface area contributed by atoms with Crippen molar-refractivity contribution in [3.8, 4) is 0 Å². The van der Waals surface area contributed by atoms with Gasteiger partial charge in [0.15, 0.2) is 0 Å². The van der Waals surface area contributed by atoms with E-state index in [9.17, 15) is 22.2 Å². The molecule has 184 valence electrons. The molecule has 2 N–H and O–H groups in total. The average molecular weight is 534 g/mol. The predicted molar refractivity (Wildman–Crippen MR) is 127 cm³/mol. The maximum absolute atomic E-state index is 13.9. The maximum atomic E-state index is 13.9. The summed E-state index contributed by atoms with van der Waals surface area (Å²) in [5.41, 5.74) is -0.586. The number of alkyl halides is 3. The van der Waals surface area contributed by atoms with Crippen molar-refractivity contribution in [3.05, 3.63) is 62.6 Å². The zero-order valence-corrected chi connectivity index (χ0v) is 20.7. The normalized spacial score (nSPS) is 21.1. The van der Waals surface area contributed by atoms with Gasteiger partial charge in [0.1, 0.15) is 0 Å². The number of piperazine rings is 1. The molecule has 3 saturated heterocycles. The highest BCUT2D eigenvalue weighted by Gasteiger charge is 2.39. The number of hydrogen-bond donors (Lipinski definition) is 2. The molecule has 1 amide bonds. The van der Waals surface area contributed by atoms with E-state index >= 15 is 0 Å². The van der Waals surface area contributed by atoms with E-state index in [2.05, 4.69) is 10.6 Å². The Labute approximate surface area is 208 Å². The van der Waals surface area contributed by atoms with E-state index in [1.807, 2.05) is 4.90 Å². The van der Waals surface area contributed by atoms with Crippen LogP contribution in [0.2, 0.25) is 10.0 Å². The number of rotatable bonds is 7. The van der Waals surface area contributed by atoms with Gasteiger partial charge in [0, 0.05) is 64.5 Å². The first-order chi connectivity index (χ1) is 16.0. The van der Waals surface area contributed by atoms with Crippen molar-refractivity contribution in [3.63, 3.8) is 0 Å². The van der Waals surface area contributed by atoms with Crippen LogP contribution in [0.4, 0.5) is 13.2 Å². The van der Waals surface area contributed by atoms with Crippen LogP contribution >= 0.6 is 23.2 Å². The molecule has 0 radical (unpaired) electrons. The maximum Gasteiger partial charge on any atom is 0.416 e. The van der Waals surface area contributed by atoms with Gasteiger partial charge in [-0.05, 0) is 47.9 Å². The Bertz CT molecular complexity index is 1110. The third-order valence-corrected chi connectivity index (χ3v) is 8.10. The molecule has 3 heterocycles. The van der Waals surface area contributed by atoms with Gasteiger partial charge in [-0.25, -0.2) is 0 Å². The summed E-state index contributed by atoms with van der Waals surface area (Å²) in [7, 11) is -1.28. The predicted octanol–water partition coefficient (Wildman–Crippen LogP) is 4.62. The minimum absolute atomic E-state index is 0.0255. The van der Waals surface area contributed by atoms with Crippen molar-refractivity contribution < 1.29 is 22.2 Å². The largest absolute Gasteiger partial charge is 0.416 e. The first-order valence-corrected chi connectivity index (χ1v) is 13.0. The van der Waals surface area contributed by atoms with E-state index in [1.54, 1.807) is 25.1 Å². The lowest BCUT2D eigenvalue weighted by Crippen LogP contribution is -2.66. The van der Waals surface area contributed by atoms with Crippen LogP contribution in [0.3, 0.4) is 0 Å². The van der Waals surface area contributed by atoms with Crippen LogP contribution in [0.15, 0.2) is 35.2 Å². The Morgan fingerprint density at radius 2 is 1.88 bits per heavy atom. The zero-order valence-electron chi connectivity index (χ0n) is 18.3. The summed E-state index contributed by atoms with van der Waals surface area (Å²) in [6.45, 7) is 3.11. The van der Waals surface area contributed by atoms with E-state index < -0.39 is 28.4 Å². The molecule has 2 aromatic carbocycles. The number of carbonyl (C=O) groups is 1. The van der Waals surface area contributed by atoms with Crippen molar-refractivity contribution in [2.45, 2.75) is 49.6 Å². The molecule has 0 spiro atoms. The van der Waals surface area contributed by atoms with Crippen LogP contribution in [0.5, 0.6) is 0 Å². The monoisotopic (exact) mass is 533 g/mol. The molecule has 2 aromatic rings. The summed E-state index contributed by atoms with van der Waals surface area (Å²) >= 11 is 12.3. The smallest absolute Gasteiger partial charge is 0.348 e. The van der Waals surface area contributed by atoms with Gasteiger partial charge in [-0.15, -0.1) is 0 Å². The average Bonchev–Trinajstić information content (AvgIpc) is 2.77. The second-order valence-corrected chi connectivity index (χ2v) is 11.1. The highest BCUT2D eigenvalue weighted by molar-refractivity contribution is 7.85. The number of fused-ring (bicyclic) bond motifs is 2. The summed E-state index contributed by atoms with van der Waals surface area (Å²) < 4.78 is 54.0. The number of benzene rings is 2. The summed E-state index contributed by atoms with van der Waals surface area (Å²) in [5.74, 6) is -0.334. The van der Waals surface area contributed by atoms with Gasteiger partial charge in [-0.1, -0.05) is 30.1 Å². The number of piperidine rings is 1. The standard InChI is InChI=1S/C23H24Cl2F3N3O2S/c1-2-34(33)21-4-3-15(24)5-14(21)9-29-22(32)13-6-19(23(26,27)28)18(20(25)7-13)12-31-10-16-8-17(11-31)30-16/h3-7,16-17,30H,2,8-12H2,1H3,(H,29,32). The van der Waals surface area contributed by atoms with Crippen LogP contribution in [0.1, 0.15) is 40.4 Å². The number of nitrogens with zero attached hydrogens (tertiary/aromatic N) is 1. The first kappa shape index (κ1) is 25.4. The van der Waals surface area contributed by atoms with E-state index in [-0.39, 0.29) is 29.2 Å². The van der Waals surface area contributed by atoms with Crippen molar-refractivity contribution >= 4 is 39.9 Å². The lowest BCUT2D eigenvalue weighted by molar-refractivity contribution is -0.138. The van der Waals surface area contributed by atoms with Crippen LogP contribution in [-0.4, -0.2) is 45.9 Å². The molecular weight excluding hydrogens is 510 g/mol. The molecule has 3 atom stereocenters. The third-order valence-electron chi connectivity index (χ3n) is 6.11. The van der Waals surface area contributed by atoms with Crippen LogP contribution < -0.4 is 10.6 Å². The van der Waals surface area contributed by atoms with E-state index in [0.29, 0.717) is 46.4 Å². The second kappa shape index (κ2) is 10.1. The number of amides is 1. The fraction of sp³-hybridized carbons (Fsp3) is 0.435. The topological polar surface area (TPSA) is 61.4 Å². The van der Waals surface area contributed by atoms with Crippen LogP contribution in [0, 0.1) is 0 Å². The summed E-state index contributed by atoms with van der Waals surface area (Å²) in [6, 6.07) is 7.53. The van der Waals surface area contributed by atoms with Crippen molar-refractivity contribution in [2.24, 2.45) is 0 Å². The van der Waals surface area contributed by atoms with Crippen molar-refractivity contribution in [1.29, 1.82) is 0 Å². The number of carbonyl (C=O) groups excluding carboxylic acids is 1. The van der Waals surface area contributed by atoms with Crippen molar-refractivity contribution in [2.75, 3.05) is 18.8 Å². The molecular formula is C23H24Cl2F3N3O2S. The Balaban J connectivity index is 1.55. The molecule has 5 rings (SSSR count). The first-order valence-electron chi connectivity index (χ1n) is 10.9. The van der Waals surface area contributed by atoms with Gasteiger partial charge in [0.2, 0.25) is 0 Å².